The van der Waals surface area contributed by atoms with Crippen molar-refractivity contribution < 1.29 is 9.85 Å². The number of nitro groups is 2. The van der Waals surface area contributed by atoms with Gasteiger partial charge in [-0.1, -0.05) is 0 Å². The van der Waals surface area contributed by atoms with Crippen molar-refractivity contribution >= 4 is 11.4 Å². The van der Waals surface area contributed by atoms with E-state index in [1.165, 1.54) is 24.3 Å². The van der Waals surface area contributed by atoms with Gasteiger partial charge in [0.05, 0.1) is 28.1 Å². The summed E-state index contributed by atoms with van der Waals surface area (Å²) in [4.78, 5) is 24.6. The molecule has 23 heavy (non-hydrogen) atoms. The predicted octanol–water partition coefficient (Wildman–Crippen LogP) is 3.36. The van der Waals surface area contributed by atoms with Gasteiger partial charge in [0.15, 0.2) is 0 Å². The van der Waals surface area contributed by atoms with E-state index in [1.807, 2.05) is 0 Å². The first-order chi connectivity index (χ1) is 11.1. The molecule has 0 radical (unpaired) electrons. The predicted molar refractivity (Wildman–Crippen MR) is 82.3 cm³/mol. The summed E-state index contributed by atoms with van der Waals surface area (Å²) in [5.74, 6) is 0. The minimum Gasteiger partial charge on any atom is -0.299 e. The minimum atomic E-state index is -0.463. The largest absolute Gasteiger partial charge is 0.299 e. The average molecular weight is 310 g/mol. The first-order valence-electron chi connectivity index (χ1n) is 6.58. The van der Waals surface area contributed by atoms with Crippen LogP contribution in [0.15, 0.2) is 61.1 Å². The van der Waals surface area contributed by atoms with Gasteiger partial charge in [-0.15, -0.1) is 0 Å². The molecule has 8 nitrogen and oxygen atoms in total. The van der Waals surface area contributed by atoms with Crippen LogP contribution in [0.2, 0.25) is 0 Å². The van der Waals surface area contributed by atoms with Crippen molar-refractivity contribution in [3.63, 3.8) is 0 Å². The second-order valence-corrected chi connectivity index (χ2v) is 4.73. The van der Waals surface area contributed by atoms with Crippen molar-refractivity contribution in [1.82, 2.24) is 9.55 Å². The van der Waals surface area contributed by atoms with Crippen LogP contribution in [0.25, 0.3) is 16.9 Å². The van der Waals surface area contributed by atoms with E-state index in [1.54, 1.807) is 41.4 Å². The van der Waals surface area contributed by atoms with E-state index in [0.717, 1.165) is 11.3 Å². The summed E-state index contributed by atoms with van der Waals surface area (Å²) in [6.45, 7) is 0. The molecule has 8 heteroatoms. The third-order valence-electron chi connectivity index (χ3n) is 3.35. The summed E-state index contributed by atoms with van der Waals surface area (Å²) in [6.07, 6.45) is 3.21. The molecule has 0 saturated heterocycles. The lowest BCUT2D eigenvalue weighted by Gasteiger charge is -2.08. The molecular formula is C15H10N4O4. The molecule has 0 spiro atoms. The molecule has 0 fully saturated rings. The third kappa shape index (κ3) is 2.77. The second-order valence-electron chi connectivity index (χ2n) is 4.73. The third-order valence-corrected chi connectivity index (χ3v) is 3.35. The van der Waals surface area contributed by atoms with Crippen molar-refractivity contribution in [3.05, 3.63) is 81.3 Å². The summed E-state index contributed by atoms with van der Waals surface area (Å²) in [5.41, 5.74) is 2.21. The number of hydrogen-bond acceptors (Lipinski definition) is 5. The van der Waals surface area contributed by atoms with Crippen LogP contribution in [0, 0.1) is 20.2 Å². The molecule has 0 atom stereocenters. The van der Waals surface area contributed by atoms with Crippen LogP contribution in [-0.2, 0) is 0 Å². The monoisotopic (exact) mass is 310 g/mol. The molecule has 3 rings (SSSR count). The molecule has 1 heterocycles. The maximum atomic E-state index is 10.7. The maximum absolute atomic E-state index is 10.7. The Morgan fingerprint density at radius 1 is 0.826 bits per heavy atom. The van der Waals surface area contributed by atoms with Gasteiger partial charge < -0.3 is 0 Å². The van der Waals surface area contributed by atoms with E-state index in [2.05, 4.69) is 4.98 Å². The molecule has 1 aromatic heterocycles. The van der Waals surface area contributed by atoms with Gasteiger partial charge in [-0.05, 0) is 24.3 Å². The Kier molecular flexibility index (Phi) is 3.55. The number of imidazole rings is 1. The van der Waals surface area contributed by atoms with Crippen LogP contribution in [0.1, 0.15) is 0 Å². The lowest BCUT2D eigenvalue weighted by Crippen LogP contribution is -1.96. The van der Waals surface area contributed by atoms with Crippen LogP contribution in [0.3, 0.4) is 0 Å². The molecule has 0 saturated carbocycles. The quantitative estimate of drug-likeness (QED) is 0.543. The zero-order chi connectivity index (χ0) is 16.4. The number of hydrogen-bond donors (Lipinski definition) is 0. The van der Waals surface area contributed by atoms with Gasteiger partial charge in [-0.2, -0.15) is 0 Å². The smallest absolute Gasteiger partial charge is 0.269 e. The first-order valence-corrected chi connectivity index (χ1v) is 6.58. The molecule has 114 valence electrons. The molecule has 0 amide bonds. The van der Waals surface area contributed by atoms with Crippen LogP contribution in [0.4, 0.5) is 11.4 Å². The lowest BCUT2D eigenvalue weighted by molar-refractivity contribution is -0.385. The molecular weight excluding hydrogens is 300 g/mol. The molecule has 0 aliphatic carbocycles. The van der Waals surface area contributed by atoms with Gasteiger partial charge in [0.2, 0.25) is 0 Å². The van der Waals surface area contributed by atoms with Gasteiger partial charge in [0, 0.05) is 35.5 Å². The Morgan fingerprint density at radius 2 is 1.35 bits per heavy atom. The van der Waals surface area contributed by atoms with Crippen molar-refractivity contribution in [2.45, 2.75) is 0 Å². The van der Waals surface area contributed by atoms with Crippen LogP contribution in [0.5, 0.6) is 0 Å². The van der Waals surface area contributed by atoms with Gasteiger partial charge >= 0.3 is 0 Å². The van der Waals surface area contributed by atoms with E-state index in [4.69, 9.17) is 0 Å². The normalized spacial score (nSPS) is 10.4. The van der Waals surface area contributed by atoms with Crippen molar-refractivity contribution in [1.29, 1.82) is 0 Å². The zero-order valence-corrected chi connectivity index (χ0v) is 11.7. The highest BCUT2D eigenvalue weighted by atomic mass is 16.6. The number of rotatable bonds is 4. The highest BCUT2D eigenvalue weighted by Gasteiger charge is 2.11. The fourth-order valence-corrected chi connectivity index (χ4v) is 2.20. The summed E-state index contributed by atoms with van der Waals surface area (Å²) in [7, 11) is 0. The second kappa shape index (κ2) is 5.68. The van der Waals surface area contributed by atoms with E-state index in [9.17, 15) is 20.2 Å². The van der Waals surface area contributed by atoms with Crippen LogP contribution < -0.4 is 0 Å². The van der Waals surface area contributed by atoms with Crippen LogP contribution >= 0.6 is 0 Å². The highest BCUT2D eigenvalue weighted by Crippen LogP contribution is 2.25. The standard InChI is InChI=1S/C15H10N4O4/c20-18(21)13-3-1-11(2-4-13)15-9-16-10-17(15)12-5-7-14(8-6-12)19(22)23/h1-10H. The Bertz CT molecular complexity index is 797. The Labute approximate surface area is 129 Å². The van der Waals surface area contributed by atoms with E-state index < -0.39 is 9.85 Å². The average Bonchev–Trinajstić information content (AvgIpc) is 3.04. The molecule has 0 bridgehead atoms. The molecule has 0 aliphatic heterocycles. The van der Waals surface area contributed by atoms with Gasteiger partial charge in [0.25, 0.3) is 11.4 Å². The maximum Gasteiger partial charge on any atom is 0.269 e. The lowest BCUT2D eigenvalue weighted by atomic mass is 10.1. The molecule has 0 unspecified atom stereocenters. The summed E-state index contributed by atoms with van der Waals surface area (Å²) >= 11 is 0. The minimum absolute atomic E-state index is 0.00533. The molecule has 3 aromatic rings. The fraction of sp³-hybridized carbons (Fsp3) is 0. The van der Waals surface area contributed by atoms with Gasteiger partial charge in [0.1, 0.15) is 0 Å². The number of non-ortho nitro benzene ring substituents is 2. The van der Waals surface area contributed by atoms with Crippen molar-refractivity contribution in [2.24, 2.45) is 0 Å². The van der Waals surface area contributed by atoms with Gasteiger partial charge in [-0.3, -0.25) is 24.8 Å². The molecule has 0 N–H and O–H groups in total. The Morgan fingerprint density at radius 3 is 1.87 bits per heavy atom. The summed E-state index contributed by atoms with van der Waals surface area (Å²) in [6, 6.07) is 12.2. The summed E-state index contributed by atoms with van der Waals surface area (Å²) < 4.78 is 1.75. The number of nitro benzene ring substituents is 2. The molecule has 0 aliphatic rings. The zero-order valence-electron chi connectivity index (χ0n) is 11.7. The van der Waals surface area contributed by atoms with E-state index in [0.29, 0.717) is 5.69 Å². The molecule has 2 aromatic carbocycles. The van der Waals surface area contributed by atoms with E-state index in [-0.39, 0.29) is 11.4 Å². The van der Waals surface area contributed by atoms with E-state index >= 15 is 0 Å². The number of benzene rings is 2. The first kappa shape index (κ1) is 14.4. The fourth-order valence-electron chi connectivity index (χ4n) is 2.20. The Balaban J connectivity index is 1.98. The highest BCUT2D eigenvalue weighted by molar-refractivity contribution is 5.63. The number of aromatic nitrogens is 2. The number of nitrogens with zero attached hydrogens (tertiary/aromatic N) is 4. The van der Waals surface area contributed by atoms with Gasteiger partial charge in [-0.25, -0.2) is 4.98 Å². The topological polar surface area (TPSA) is 104 Å². The Hall–Kier alpha value is -3.55. The summed E-state index contributed by atoms with van der Waals surface area (Å²) in [5, 5.41) is 21.4. The van der Waals surface area contributed by atoms with Crippen LogP contribution in [-0.4, -0.2) is 19.4 Å². The van der Waals surface area contributed by atoms with Crippen molar-refractivity contribution in [3.8, 4) is 16.9 Å². The van der Waals surface area contributed by atoms with Crippen molar-refractivity contribution in [2.75, 3.05) is 0 Å². The SMILES string of the molecule is O=[N+]([O-])c1ccc(-c2cncn2-c2ccc([N+](=O)[O-])cc2)cc1.